The molecule has 214 valence electrons. The minimum Gasteiger partial charge on any atom is -0.446 e. The Labute approximate surface area is 223 Å². The second kappa shape index (κ2) is 11.5. The predicted octanol–water partition coefficient (Wildman–Crippen LogP) is 7.83. The first-order valence-corrected chi connectivity index (χ1v) is 12.7. The van der Waals surface area contributed by atoms with Crippen LogP contribution in [0.25, 0.3) is 0 Å². The highest BCUT2D eigenvalue weighted by molar-refractivity contribution is 5.89. The Kier molecular flexibility index (Phi) is 8.92. The van der Waals surface area contributed by atoms with Crippen LogP contribution in [0.3, 0.4) is 0 Å². The summed E-state index contributed by atoms with van der Waals surface area (Å²) >= 11 is 0. The number of rotatable bonds is 5. The van der Waals surface area contributed by atoms with E-state index < -0.39 is 48.1 Å². The molecule has 2 aromatic rings. The van der Waals surface area contributed by atoms with Gasteiger partial charge in [-0.3, -0.25) is 9.69 Å². The van der Waals surface area contributed by atoms with E-state index in [9.17, 15) is 35.9 Å². The highest BCUT2D eigenvalue weighted by Crippen LogP contribution is 2.41. The number of benzene rings is 2. The molecular formula is C28H32F6N2O3. The Morgan fingerprint density at radius 3 is 2.10 bits per heavy atom. The number of carbonyl (C=O) groups is 2. The van der Waals surface area contributed by atoms with Gasteiger partial charge in [-0.2, -0.15) is 26.3 Å². The van der Waals surface area contributed by atoms with E-state index in [2.05, 4.69) is 0 Å². The second-order valence-corrected chi connectivity index (χ2v) is 9.99. The van der Waals surface area contributed by atoms with Gasteiger partial charge in [-0.15, -0.1) is 0 Å². The van der Waals surface area contributed by atoms with E-state index in [1.54, 1.807) is 13.8 Å². The van der Waals surface area contributed by atoms with E-state index in [1.165, 1.54) is 16.7 Å². The third kappa shape index (κ3) is 7.05. The van der Waals surface area contributed by atoms with Crippen LogP contribution in [0.4, 0.5) is 36.8 Å². The van der Waals surface area contributed by atoms with Crippen molar-refractivity contribution in [2.45, 2.75) is 84.9 Å². The highest BCUT2D eigenvalue weighted by Gasteiger charge is 2.38. The van der Waals surface area contributed by atoms with Crippen LogP contribution in [0.2, 0.25) is 0 Å². The summed E-state index contributed by atoms with van der Waals surface area (Å²) in [5.41, 5.74) is -0.233. The molecule has 5 nitrogen and oxygen atoms in total. The summed E-state index contributed by atoms with van der Waals surface area (Å²) in [6, 6.07) is 4.34. The van der Waals surface area contributed by atoms with E-state index in [0.29, 0.717) is 42.6 Å². The van der Waals surface area contributed by atoms with Crippen LogP contribution in [0.5, 0.6) is 0 Å². The van der Waals surface area contributed by atoms with E-state index in [1.807, 2.05) is 26.0 Å². The standard InChI is InChI=1S/C28H32F6N2O3/c1-6-20-13-23-24(8-7-9-35(25(23)10-17(20)4)26(38)39-16(2)3)36(18(5)37)15-19-11-21(27(29,30)31)14-22(12-19)28(32,33)34/h10-14,16,24H,6-9,15H2,1-5H3. The summed E-state index contributed by atoms with van der Waals surface area (Å²) in [6.45, 7) is 8.28. The molecule has 2 aromatic carbocycles. The molecule has 0 aliphatic carbocycles. The molecule has 0 saturated heterocycles. The number of carbonyl (C=O) groups excluding carboxylic acids is 2. The van der Waals surface area contributed by atoms with Gasteiger partial charge in [0.25, 0.3) is 0 Å². The molecule has 39 heavy (non-hydrogen) atoms. The Balaban J connectivity index is 2.14. The molecule has 3 rings (SSSR count). The molecule has 0 bridgehead atoms. The Bertz CT molecular complexity index is 1190. The molecule has 2 amide bonds. The number of aryl methyl sites for hydroxylation is 2. The van der Waals surface area contributed by atoms with Crippen LogP contribution in [0.1, 0.15) is 80.0 Å². The number of hydrogen-bond donors (Lipinski definition) is 0. The number of anilines is 1. The van der Waals surface area contributed by atoms with Crippen molar-refractivity contribution in [2.24, 2.45) is 0 Å². The SMILES string of the molecule is CCc1cc2c(cc1C)N(C(=O)OC(C)C)CCCC2N(Cc1cc(C(F)(F)F)cc(C(F)(F)F)c1)C(C)=O. The quantitative estimate of drug-likeness (QED) is 0.352. The molecule has 0 fully saturated rings. The molecule has 0 spiro atoms. The normalized spacial score (nSPS) is 16.1. The topological polar surface area (TPSA) is 49.9 Å². The number of fused-ring (bicyclic) bond motifs is 1. The van der Waals surface area contributed by atoms with Gasteiger partial charge in [0.2, 0.25) is 5.91 Å². The highest BCUT2D eigenvalue weighted by atomic mass is 19.4. The minimum absolute atomic E-state index is 0.0665. The maximum Gasteiger partial charge on any atom is 0.416 e. The fourth-order valence-electron chi connectivity index (χ4n) is 4.88. The van der Waals surface area contributed by atoms with Crippen molar-refractivity contribution in [3.63, 3.8) is 0 Å². The number of nitrogens with zero attached hydrogens (tertiary/aromatic N) is 2. The summed E-state index contributed by atoms with van der Waals surface area (Å²) in [5.74, 6) is -0.520. The maximum absolute atomic E-state index is 13.5. The largest absolute Gasteiger partial charge is 0.446 e. The average Bonchev–Trinajstić information content (AvgIpc) is 2.99. The first-order valence-electron chi connectivity index (χ1n) is 12.7. The van der Waals surface area contributed by atoms with Crippen LogP contribution < -0.4 is 4.90 Å². The Morgan fingerprint density at radius 1 is 1.03 bits per heavy atom. The summed E-state index contributed by atoms with van der Waals surface area (Å²) < 4.78 is 86.2. The van der Waals surface area contributed by atoms with Crippen molar-refractivity contribution in [1.29, 1.82) is 0 Å². The number of halogens is 6. The lowest BCUT2D eigenvalue weighted by molar-refractivity contribution is -0.143. The molecule has 1 atom stereocenters. The molecule has 1 aliphatic rings. The predicted molar refractivity (Wildman–Crippen MR) is 134 cm³/mol. The van der Waals surface area contributed by atoms with Gasteiger partial charge in [0.05, 0.1) is 29.0 Å². The maximum atomic E-state index is 13.5. The van der Waals surface area contributed by atoms with E-state index in [4.69, 9.17) is 4.74 Å². The summed E-state index contributed by atoms with van der Waals surface area (Å²) in [4.78, 5) is 28.6. The van der Waals surface area contributed by atoms with Crippen LogP contribution in [0.15, 0.2) is 30.3 Å². The Morgan fingerprint density at radius 2 is 1.62 bits per heavy atom. The fourth-order valence-corrected chi connectivity index (χ4v) is 4.88. The number of alkyl halides is 6. The minimum atomic E-state index is -5.00. The lowest BCUT2D eigenvalue weighted by Gasteiger charge is -2.33. The smallest absolute Gasteiger partial charge is 0.416 e. The van der Waals surface area contributed by atoms with E-state index in [0.717, 1.165) is 11.1 Å². The van der Waals surface area contributed by atoms with Gasteiger partial charge >= 0.3 is 18.4 Å². The van der Waals surface area contributed by atoms with Gasteiger partial charge in [-0.05, 0) is 86.6 Å². The van der Waals surface area contributed by atoms with E-state index in [-0.39, 0.29) is 24.3 Å². The third-order valence-electron chi connectivity index (χ3n) is 6.71. The van der Waals surface area contributed by atoms with Crippen molar-refractivity contribution in [3.05, 3.63) is 63.7 Å². The van der Waals surface area contributed by atoms with Gasteiger partial charge in [-0.25, -0.2) is 4.79 Å². The summed E-state index contributed by atoms with van der Waals surface area (Å²) in [7, 11) is 0. The zero-order valence-electron chi connectivity index (χ0n) is 22.5. The first kappa shape index (κ1) is 30.3. The van der Waals surface area contributed by atoms with Gasteiger partial charge < -0.3 is 9.64 Å². The van der Waals surface area contributed by atoms with Gasteiger partial charge in [0, 0.05) is 20.0 Å². The van der Waals surface area contributed by atoms with Crippen molar-refractivity contribution < 1.29 is 40.7 Å². The number of ether oxygens (including phenoxy) is 1. The zero-order valence-corrected chi connectivity index (χ0v) is 22.5. The van der Waals surface area contributed by atoms with Crippen LogP contribution in [0, 0.1) is 6.92 Å². The molecule has 1 unspecified atom stereocenters. The van der Waals surface area contributed by atoms with Gasteiger partial charge in [0.15, 0.2) is 0 Å². The molecule has 11 heteroatoms. The van der Waals surface area contributed by atoms with Crippen molar-refractivity contribution in [2.75, 3.05) is 11.4 Å². The zero-order chi connectivity index (χ0) is 29.3. The molecule has 1 aliphatic heterocycles. The monoisotopic (exact) mass is 558 g/mol. The fraction of sp³-hybridized carbons (Fsp3) is 0.500. The lowest BCUT2D eigenvalue weighted by Crippen LogP contribution is -2.35. The molecule has 1 heterocycles. The Hall–Kier alpha value is -3.24. The van der Waals surface area contributed by atoms with Gasteiger partial charge in [-0.1, -0.05) is 13.0 Å². The average molecular weight is 559 g/mol. The van der Waals surface area contributed by atoms with Crippen molar-refractivity contribution in [1.82, 2.24) is 4.90 Å². The summed E-state index contributed by atoms with van der Waals surface area (Å²) in [6.07, 6.45) is -9.55. The number of amides is 2. The van der Waals surface area contributed by atoms with Gasteiger partial charge in [0.1, 0.15) is 0 Å². The van der Waals surface area contributed by atoms with Crippen LogP contribution in [-0.2, 0) is 34.8 Å². The number of hydrogen-bond acceptors (Lipinski definition) is 3. The molecule has 0 saturated carbocycles. The second-order valence-electron chi connectivity index (χ2n) is 9.99. The van der Waals surface area contributed by atoms with Crippen molar-refractivity contribution in [3.8, 4) is 0 Å². The lowest BCUT2D eigenvalue weighted by atomic mass is 9.93. The molecular weight excluding hydrogens is 526 g/mol. The molecule has 0 radical (unpaired) electrons. The van der Waals surface area contributed by atoms with E-state index >= 15 is 0 Å². The molecule has 0 N–H and O–H groups in total. The first-order chi connectivity index (χ1) is 18.0. The van der Waals surface area contributed by atoms with Crippen LogP contribution in [-0.4, -0.2) is 29.5 Å². The third-order valence-corrected chi connectivity index (χ3v) is 6.71. The van der Waals surface area contributed by atoms with Crippen LogP contribution >= 0.6 is 0 Å². The van der Waals surface area contributed by atoms with Crippen molar-refractivity contribution >= 4 is 17.7 Å². The summed E-state index contributed by atoms with van der Waals surface area (Å²) in [5, 5.41) is 0. The molecule has 0 aromatic heterocycles.